The van der Waals surface area contributed by atoms with Crippen LogP contribution in [0.25, 0.3) is 0 Å². The summed E-state index contributed by atoms with van der Waals surface area (Å²) in [6, 6.07) is 3.61. The van der Waals surface area contributed by atoms with Crippen molar-refractivity contribution in [1.82, 2.24) is 9.29 Å². The third-order valence-electron chi connectivity index (χ3n) is 3.50. The molecule has 1 saturated heterocycles. The van der Waals surface area contributed by atoms with E-state index in [0.29, 0.717) is 31.7 Å². The summed E-state index contributed by atoms with van der Waals surface area (Å²) in [6.45, 7) is 4.73. The fourth-order valence-electron chi connectivity index (χ4n) is 2.42. The molecule has 1 fully saturated rings. The van der Waals surface area contributed by atoms with Gasteiger partial charge in [-0.1, -0.05) is 0 Å². The molecule has 2 rings (SSSR count). The molecule has 2 N–H and O–H groups in total. The van der Waals surface area contributed by atoms with E-state index in [2.05, 4.69) is 9.71 Å². The lowest BCUT2D eigenvalue weighted by Crippen LogP contribution is -2.42. The Labute approximate surface area is 120 Å². The van der Waals surface area contributed by atoms with Gasteiger partial charge < -0.3 is 5.11 Å². The molecular formula is C13H21N3O3S. The number of aliphatic hydroxyl groups excluding tert-OH is 1. The Morgan fingerprint density at radius 2 is 2.00 bits per heavy atom. The molecule has 1 aliphatic heterocycles. The van der Waals surface area contributed by atoms with Gasteiger partial charge in [-0.3, -0.25) is 4.72 Å². The van der Waals surface area contributed by atoms with Crippen molar-refractivity contribution in [3.05, 3.63) is 23.4 Å². The van der Waals surface area contributed by atoms with Gasteiger partial charge in [0.25, 0.3) is 0 Å². The summed E-state index contributed by atoms with van der Waals surface area (Å²) in [4.78, 5) is 4.19. The van der Waals surface area contributed by atoms with Crippen LogP contribution in [0.3, 0.4) is 0 Å². The Hall–Kier alpha value is -1.18. The molecule has 0 unspecified atom stereocenters. The average Bonchev–Trinajstić information content (AvgIpc) is 2.37. The van der Waals surface area contributed by atoms with E-state index in [9.17, 15) is 8.42 Å². The molecule has 0 radical (unpaired) electrons. The fraction of sp³-hybridized carbons (Fsp3) is 0.615. The number of aliphatic hydroxyl groups is 1. The summed E-state index contributed by atoms with van der Waals surface area (Å²) in [5.74, 6) is 0.563. The van der Waals surface area contributed by atoms with Crippen LogP contribution in [0.5, 0.6) is 0 Å². The van der Waals surface area contributed by atoms with Gasteiger partial charge in [-0.15, -0.1) is 0 Å². The van der Waals surface area contributed by atoms with E-state index in [1.807, 2.05) is 19.9 Å². The molecule has 0 aliphatic carbocycles. The first-order chi connectivity index (χ1) is 9.40. The van der Waals surface area contributed by atoms with Crippen LogP contribution < -0.4 is 4.72 Å². The molecule has 0 aromatic carbocycles. The maximum Gasteiger partial charge on any atom is 0.302 e. The molecular weight excluding hydrogens is 278 g/mol. The van der Waals surface area contributed by atoms with Gasteiger partial charge in [-0.2, -0.15) is 12.7 Å². The largest absolute Gasteiger partial charge is 0.396 e. The molecule has 2 heterocycles. The smallest absolute Gasteiger partial charge is 0.302 e. The fourth-order valence-corrected chi connectivity index (χ4v) is 3.61. The molecule has 20 heavy (non-hydrogen) atoms. The summed E-state index contributed by atoms with van der Waals surface area (Å²) in [5, 5.41) is 9.08. The topological polar surface area (TPSA) is 82.5 Å². The lowest BCUT2D eigenvalue weighted by atomic mass is 10.00. The van der Waals surface area contributed by atoms with Gasteiger partial charge in [0.1, 0.15) is 5.82 Å². The Morgan fingerprint density at radius 1 is 1.35 bits per heavy atom. The van der Waals surface area contributed by atoms with E-state index in [1.54, 1.807) is 6.07 Å². The van der Waals surface area contributed by atoms with Crippen molar-refractivity contribution >= 4 is 16.0 Å². The maximum absolute atomic E-state index is 12.3. The number of piperidine rings is 1. The number of pyridine rings is 1. The molecule has 6 nitrogen and oxygen atoms in total. The van der Waals surface area contributed by atoms with Crippen molar-refractivity contribution in [2.75, 3.05) is 24.4 Å². The Morgan fingerprint density at radius 3 is 2.55 bits per heavy atom. The van der Waals surface area contributed by atoms with Crippen LogP contribution in [0.15, 0.2) is 12.1 Å². The van der Waals surface area contributed by atoms with Gasteiger partial charge in [-0.05, 0) is 50.3 Å². The molecule has 112 valence electrons. The van der Waals surface area contributed by atoms with Gasteiger partial charge >= 0.3 is 10.2 Å². The minimum Gasteiger partial charge on any atom is -0.396 e. The highest BCUT2D eigenvalue weighted by molar-refractivity contribution is 7.90. The molecule has 1 aromatic rings. The third-order valence-corrected chi connectivity index (χ3v) is 5.01. The summed E-state index contributed by atoms with van der Waals surface area (Å²) < 4.78 is 28.5. The Balaban J connectivity index is 2.07. The maximum atomic E-state index is 12.3. The van der Waals surface area contributed by atoms with Crippen molar-refractivity contribution in [3.8, 4) is 0 Å². The lowest BCUT2D eigenvalue weighted by molar-refractivity contribution is 0.170. The van der Waals surface area contributed by atoms with E-state index in [0.717, 1.165) is 11.3 Å². The molecule has 1 aliphatic rings. The normalized spacial score (nSPS) is 18.1. The number of nitrogens with zero attached hydrogens (tertiary/aromatic N) is 2. The van der Waals surface area contributed by atoms with Crippen LogP contribution in [0, 0.1) is 19.8 Å². The number of hydrogen-bond acceptors (Lipinski definition) is 4. The number of anilines is 1. The summed E-state index contributed by atoms with van der Waals surface area (Å²) in [5.41, 5.74) is 1.75. The van der Waals surface area contributed by atoms with E-state index in [-0.39, 0.29) is 12.5 Å². The highest BCUT2D eigenvalue weighted by Gasteiger charge is 2.27. The lowest BCUT2D eigenvalue weighted by Gasteiger charge is -2.30. The zero-order chi connectivity index (χ0) is 14.8. The van der Waals surface area contributed by atoms with Crippen LogP contribution in [0.4, 0.5) is 5.82 Å². The second kappa shape index (κ2) is 6.07. The first kappa shape index (κ1) is 15.2. The van der Waals surface area contributed by atoms with E-state index in [1.165, 1.54) is 4.31 Å². The molecule has 7 heteroatoms. The highest BCUT2D eigenvalue weighted by atomic mass is 32.2. The average molecular weight is 299 g/mol. The molecule has 1 aromatic heterocycles. The van der Waals surface area contributed by atoms with Crippen molar-refractivity contribution in [2.45, 2.75) is 26.7 Å². The van der Waals surface area contributed by atoms with Crippen LogP contribution in [0.2, 0.25) is 0 Å². The van der Waals surface area contributed by atoms with Crippen LogP contribution in [-0.4, -0.2) is 42.5 Å². The van der Waals surface area contributed by atoms with E-state index >= 15 is 0 Å². The number of aromatic nitrogens is 1. The van der Waals surface area contributed by atoms with Gasteiger partial charge in [0.15, 0.2) is 0 Å². The number of hydrogen-bond donors (Lipinski definition) is 2. The minimum atomic E-state index is -3.56. The van der Waals surface area contributed by atoms with Crippen molar-refractivity contribution in [2.24, 2.45) is 5.92 Å². The Kier molecular flexibility index (Phi) is 4.62. The van der Waals surface area contributed by atoms with Crippen molar-refractivity contribution < 1.29 is 13.5 Å². The first-order valence-corrected chi connectivity index (χ1v) is 8.19. The summed E-state index contributed by atoms with van der Waals surface area (Å²) in [7, 11) is -3.56. The van der Waals surface area contributed by atoms with E-state index < -0.39 is 10.2 Å². The first-order valence-electron chi connectivity index (χ1n) is 6.75. The number of aryl methyl sites for hydroxylation is 2. The SMILES string of the molecule is Cc1cc(C)nc(NS(=O)(=O)N2CCC(CO)CC2)c1. The molecule has 0 atom stereocenters. The second-order valence-corrected chi connectivity index (χ2v) is 6.97. The second-order valence-electron chi connectivity index (χ2n) is 5.30. The number of nitrogens with one attached hydrogen (secondary N) is 1. The van der Waals surface area contributed by atoms with Crippen molar-refractivity contribution in [1.29, 1.82) is 0 Å². The monoisotopic (exact) mass is 299 g/mol. The molecule has 0 saturated carbocycles. The molecule has 0 spiro atoms. The minimum absolute atomic E-state index is 0.125. The summed E-state index contributed by atoms with van der Waals surface area (Å²) >= 11 is 0. The zero-order valence-electron chi connectivity index (χ0n) is 11.8. The van der Waals surface area contributed by atoms with E-state index in [4.69, 9.17) is 5.11 Å². The quantitative estimate of drug-likeness (QED) is 0.871. The van der Waals surface area contributed by atoms with Gasteiger partial charge in [-0.25, -0.2) is 4.98 Å². The standard InChI is InChI=1S/C13H21N3O3S/c1-10-7-11(2)14-13(8-10)15-20(18,19)16-5-3-12(9-17)4-6-16/h7-8,12,17H,3-6,9H2,1-2H3,(H,14,15). The predicted octanol–water partition coefficient (Wildman–Crippen LogP) is 1.06. The van der Waals surface area contributed by atoms with Crippen LogP contribution >= 0.6 is 0 Å². The van der Waals surface area contributed by atoms with Gasteiger partial charge in [0, 0.05) is 25.4 Å². The van der Waals surface area contributed by atoms with Gasteiger partial charge in [0.05, 0.1) is 0 Å². The zero-order valence-corrected chi connectivity index (χ0v) is 12.7. The van der Waals surface area contributed by atoms with Crippen LogP contribution in [-0.2, 0) is 10.2 Å². The summed E-state index contributed by atoms with van der Waals surface area (Å²) in [6.07, 6.45) is 1.38. The van der Waals surface area contributed by atoms with Crippen LogP contribution in [0.1, 0.15) is 24.1 Å². The molecule has 0 bridgehead atoms. The highest BCUT2D eigenvalue weighted by Crippen LogP contribution is 2.20. The Bertz CT molecular complexity index is 546. The van der Waals surface area contributed by atoms with Crippen molar-refractivity contribution in [3.63, 3.8) is 0 Å². The van der Waals surface area contributed by atoms with Gasteiger partial charge in [0.2, 0.25) is 0 Å². The number of rotatable bonds is 4. The molecule has 0 amide bonds. The predicted molar refractivity (Wildman–Crippen MR) is 77.6 cm³/mol. The third kappa shape index (κ3) is 3.68.